The van der Waals surface area contributed by atoms with Gasteiger partial charge in [0.05, 0.1) is 17.4 Å². The fourth-order valence-electron chi connectivity index (χ4n) is 3.95. The Labute approximate surface area is 189 Å². The lowest BCUT2D eigenvalue weighted by atomic mass is 9.91. The maximum absolute atomic E-state index is 13.0. The van der Waals surface area contributed by atoms with Crippen LogP contribution in [0.4, 0.5) is 0 Å². The molecule has 5 heteroatoms. The van der Waals surface area contributed by atoms with Crippen molar-refractivity contribution in [1.82, 2.24) is 14.5 Å². The van der Waals surface area contributed by atoms with E-state index in [9.17, 15) is 4.79 Å². The normalized spacial score (nSPS) is 11.3. The van der Waals surface area contributed by atoms with Crippen molar-refractivity contribution < 1.29 is 9.53 Å². The van der Waals surface area contributed by atoms with Crippen LogP contribution in [0.15, 0.2) is 91.3 Å². The first-order valence-electron chi connectivity index (χ1n) is 11.1. The molecule has 0 saturated carbocycles. The summed E-state index contributed by atoms with van der Waals surface area (Å²) in [6.07, 6.45) is 2.90. The molecular formula is C27H29N3O2. The van der Waals surface area contributed by atoms with Crippen molar-refractivity contribution in [2.24, 2.45) is 0 Å². The van der Waals surface area contributed by atoms with Gasteiger partial charge in [-0.3, -0.25) is 4.79 Å². The highest BCUT2D eigenvalue weighted by Crippen LogP contribution is 2.25. The molecule has 0 aliphatic heterocycles. The summed E-state index contributed by atoms with van der Waals surface area (Å²) in [5, 5.41) is 0. The molecule has 0 N–H and O–H groups in total. The molecule has 0 aliphatic rings. The van der Waals surface area contributed by atoms with Crippen LogP contribution in [0.3, 0.4) is 0 Å². The van der Waals surface area contributed by atoms with E-state index < -0.39 is 5.92 Å². The third-order valence-corrected chi connectivity index (χ3v) is 5.69. The second-order valence-electron chi connectivity index (χ2n) is 8.01. The first kappa shape index (κ1) is 21.8. The van der Waals surface area contributed by atoms with E-state index in [2.05, 4.69) is 27.6 Å². The van der Waals surface area contributed by atoms with Crippen LogP contribution in [0.5, 0.6) is 0 Å². The van der Waals surface area contributed by atoms with Crippen LogP contribution in [0, 0.1) is 0 Å². The van der Waals surface area contributed by atoms with Crippen molar-refractivity contribution >= 4 is 17.0 Å². The lowest BCUT2D eigenvalue weighted by Crippen LogP contribution is -2.27. The average molecular weight is 428 g/mol. The van der Waals surface area contributed by atoms with E-state index in [-0.39, 0.29) is 5.97 Å². The summed E-state index contributed by atoms with van der Waals surface area (Å²) < 4.78 is 7.89. The Morgan fingerprint density at radius 1 is 0.906 bits per heavy atom. The number of aryl methyl sites for hydroxylation is 1. The summed E-state index contributed by atoms with van der Waals surface area (Å²) in [5.74, 6) is -0.613. The molecule has 1 aromatic heterocycles. The van der Waals surface area contributed by atoms with Gasteiger partial charge in [0.1, 0.15) is 12.5 Å². The fraction of sp³-hybridized carbons (Fsp3) is 0.259. The van der Waals surface area contributed by atoms with Crippen molar-refractivity contribution in [2.45, 2.75) is 18.9 Å². The number of nitrogens with zero attached hydrogens (tertiary/aromatic N) is 3. The third-order valence-electron chi connectivity index (χ3n) is 5.69. The minimum Gasteiger partial charge on any atom is -0.464 e. The molecule has 4 rings (SSSR count). The molecule has 164 valence electrons. The van der Waals surface area contributed by atoms with Gasteiger partial charge in [0.25, 0.3) is 0 Å². The SMILES string of the molecule is CN(CCCn1cnc2ccccc21)CCOC(=O)C(c1ccccc1)c1ccccc1. The highest BCUT2D eigenvalue weighted by molar-refractivity contribution is 5.82. The molecule has 0 atom stereocenters. The molecular weight excluding hydrogens is 398 g/mol. The third kappa shape index (κ3) is 5.42. The number of para-hydroxylation sites is 2. The minimum absolute atomic E-state index is 0.208. The minimum atomic E-state index is -0.405. The first-order chi connectivity index (χ1) is 15.7. The van der Waals surface area contributed by atoms with Gasteiger partial charge >= 0.3 is 5.97 Å². The number of rotatable bonds is 10. The molecule has 0 aliphatic carbocycles. The molecule has 0 radical (unpaired) electrons. The lowest BCUT2D eigenvalue weighted by Gasteiger charge is -2.20. The number of esters is 1. The topological polar surface area (TPSA) is 47.4 Å². The molecule has 0 spiro atoms. The van der Waals surface area contributed by atoms with Gasteiger partial charge < -0.3 is 14.2 Å². The van der Waals surface area contributed by atoms with E-state index in [1.165, 1.54) is 0 Å². The van der Waals surface area contributed by atoms with Crippen LogP contribution in [-0.4, -0.2) is 47.2 Å². The van der Waals surface area contributed by atoms with E-state index >= 15 is 0 Å². The molecule has 0 saturated heterocycles. The molecule has 32 heavy (non-hydrogen) atoms. The van der Waals surface area contributed by atoms with Gasteiger partial charge in [-0.25, -0.2) is 4.98 Å². The van der Waals surface area contributed by atoms with Gasteiger partial charge in [-0.1, -0.05) is 72.8 Å². The summed E-state index contributed by atoms with van der Waals surface area (Å²) in [7, 11) is 2.06. The van der Waals surface area contributed by atoms with Crippen molar-refractivity contribution in [3.63, 3.8) is 0 Å². The van der Waals surface area contributed by atoms with E-state index in [1.54, 1.807) is 0 Å². The van der Waals surface area contributed by atoms with Gasteiger partial charge in [0, 0.05) is 13.1 Å². The number of hydrogen-bond acceptors (Lipinski definition) is 4. The molecule has 1 heterocycles. The predicted octanol–water partition coefficient (Wildman–Crippen LogP) is 4.73. The van der Waals surface area contributed by atoms with Gasteiger partial charge in [0.2, 0.25) is 0 Å². The second kappa shape index (κ2) is 10.7. The van der Waals surface area contributed by atoms with Crippen LogP contribution in [0.25, 0.3) is 11.0 Å². The van der Waals surface area contributed by atoms with E-state index in [1.807, 2.05) is 85.2 Å². The molecule has 3 aromatic carbocycles. The Hall–Kier alpha value is -3.44. The number of fused-ring (bicyclic) bond motifs is 1. The first-order valence-corrected chi connectivity index (χ1v) is 11.1. The molecule has 0 bridgehead atoms. The van der Waals surface area contributed by atoms with Crippen molar-refractivity contribution in [1.29, 1.82) is 0 Å². The molecule has 0 amide bonds. The quantitative estimate of drug-likeness (QED) is 0.343. The van der Waals surface area contributed by atoms with Gasteiger partial charge in [-0.05, 0) is 43.3 Å². The van der Waals surface area contributed by atoms with E-state index in [0.717, 1.165) is 41.7 Å². The van der Waals surface area contributed by atoms with Crippen LogP contribution in [0.2, 0.25) is 0 Å². The zero-order chi connectivity index (χ0) is 22.2. The predicted molar refractivity (Wildman–Crippen MR) is 128 cm³/mol. The standard InChI is InChI=1S/C27H29N3O2/c1-29(17-10-18-30-21-28-24-15-8-9-16-25(24)30)19-20-32-27(31)26(22-11-4-2-5-12-22)23-13-6-3-7-14-23/h2-9,11-16,21,26H,10,17-20H2,1H3. The number of benzene rings is 3. The Morgan fingerprint density at radius 2 is 1.53 bits per heavy atom. The zero-order valence-electron chi connectivity index (χ0n) is 18.4. The molecule has 5 nitrogen and oxygen atoms in total. The van der Waals surface area contributed by atoms with Gasteiger partial charge in [-0.2, -0.15) is 0 Å². The maximum atomic E-state index is 13.0. The molecule has 0 unspecified atom stereocenters. The van der Waals surface area contributed by atoms with Gasteiger partial charge in [-0.15, -0.1) is 0 Å². The number of carbonyl (C=O) groups excluding carboxylic acids is 1. The zero-order valence-corrected chi connectivity index (χ0v) is 18.4. The summed E-state index contributed by atoms with van der Waals surface area (Å²) in [6.45, 7) is 2.91. The number of carbonyl (C=O) groups is 1. The largest absolute Gasteiger partial charge is 0.464 e. The van der Waals surface area contributed by atoms with Crippen molar-refractivity contribution in [3.8, 4) is 0 Å². The monoisotopic (exact) mass is 427 g/mol. The smallest absolute Gasteiger partial charge is 0.317 e. The van der Waals surface area contributed by atoms with Crippen molar-refractivity contribution in [3.05, 3.63) is 102 Å². The summed E-state index contributed by atoms with van der Waals surface area (Å²) >= 11 is 0. The summed E-state index contributed by atoms with van der Waals surface area (Å²) in [5.41, 5.74) is 4.09. The molecule has 4 aromatic rings. The fourth-order valence-corrected chi connectivity index (χ4v) is 3.95. The average Bonchev–Trinajstić information content (AvgIpc) is 3.24. The van der Waals surface area contributed by atoms with Crippen LogP contribution < -0.4 is 0 Å². The van der Waals surface area contributed by atoms with Crippen LogP contribution in [0.1, 0.15) is 23.5 Å². The lowest BCUT2D eigenvalue weighted by molar-refractivity contribution is -0.144. The van der Waals surface area contributed by atoms with Crippen molar-refractivity contribution in [2.75, 3.05) is 26.7 Å². The highest BCUT2D eigenvalue weighted by atomic mass is 16.5. The number of aromatic nitrogens is 2. The maximum Gasteiger partial charge on any atom is 0.317 e. The van der Waals surface area contributed by atoms with E-state index in [4.69, 9.17) is 4.74 Å². The number of likely N-dealkylation sites (N-methyl/N-ethyl adjacent to an activating group) is 1. The van der Waals surface area contributed by atoms with Crippen LogP contribution >= 0.6 is 0 Å². The van der Waals surface area contributed by atoms with Crippen LogP contribution in [-0.2, 0) is 16.1 Å². The van der Waals surface area contributed by atoms with E-state index in [0.29, 0.717) is 13.2 Å². The summed E-state index contributed by atoms with van der Waals surface area (Å²) in [4.78, 5) is 19.6. The Bertz CT molecular complexity index is 1090. The number of imidazole rings is 1. The Balaban J connectivity index is 1.26. The Morgan fingerprint density at radius 3 is 2.22 bits per heavy atom. The number of ether oxygens (including phenoxy) is 1. The molecule has 0 fully saturated rings. The van der Waals surface area contributed by atoms with Gasteiger partial charge in [0.15, 0.2) is 0 Å². The number of hydrogen-bond donors (Lipinski definition) is 0. The highest BCUT2D eigenvalue weighted by Gasteiger charge is 2.24. The summed E-state index contributed by atoms with van der Waals surface area (Å²) in [6, 6.07) is 27.8. The Kier molecular flexibility index (Phi) is 7.31. The second-order valence-corrected chi connectivity index (χ2v) is 8.01.